The third-order valence-corrected chi connectivity index (χ3v) is 6.07. The molecule has 0 aliphatic rings. The number of carbonyl (C=O) groups is 1. The van der Waals surface area contributed by atoms with E-state index in [2.05, 4.69) is 38.1 Å². The first-order valence-electron chi connectivity index (χ1n) is 9.13. The van der Waals surface area contributed by atoms with Gasteiger partial charge >= 0.3 is 0 Å². The normalized spacial score (nSPS) is 10.9. The summed E-state index contributed by atoms with van der Waals surface area (Å²) in [6.45, 7) is 3.70. The van der Waals surface area contributed by atoms with Crippen LogP contribution in [0.3, 0.4) is 0 Å². The first-order chi connectivity index (χ1) is 13.1. The van der Waals surface area contributed by atoms with Crippen molar-refractivity contribution in [1.29, 1.82) is 0 Å². The Bertz CT molecular complexity index is 880. The van der Waals surface area contributed by atoms with Gasteiger partial charge in [-0.1, -0.05) is 36.5 Å². The van der Waals surface area contributed by atoms with Crippen molar-refractivity contribution in [2.75, 3.05) is 37.8 Å². The number of para-hydroxylation sites is 1. The fourth-order valence-electron chi connectivity index (χ4n) is 2.85. The smallest absolute Gasteiger partial charge is 0.260 e. The lowest BCUT2D eigenvalue weighted by atomic mass is 10.2. The number of anilines is 1. The summed E-state index contributed by atoms with van der Waals surface area (Å²) in [5.41, 5.74) is 1.66. The summed E-state index contributed by atoms with van der Waals surface area (Å²) in [5, 5.41) is 0.772. The predicted octanol–water partition coefficient (Wildman–Crippen LogP) is 5.43. The molecule has 0 radical (unpaired) electrons. The summed E-state index contributed by atoms with van der Waals surface area (Å²) in [6.07, 6.45) is 0.901. The Morgan fingerprint density at radius 2 is 1.89 bits per heavy atom. The Hall–Kier alpha value is -1.60. The van der Waals surface area contributed by atoms with E-state index >= 15 is 0 Å². The second-order valence-electron chi connectivity index (χ2n) is 6.54. The van der Waals surface area contributed by atoms with Crippen molar-refractivity contribution in [3.05, 3.63) is 54.1 Å². The van der Waals surface area contributed by atoms with Gasteiger partial charge in [-0.2, -0.15) is 0 Å². The number of aromatic nitrogens is 1. The van der Waals surface area contributed by atoms with Crippen molar-refractivity contribution in [2.45, 2.75) is 18.2 Å². The summed E-state index contributed by atoms with van der Waals surface area (Å²) in [4.78, 5) is 23.1. The molecular weight excluding hydrogens is 410 g/mol. The van der Waals surface area contributed by atoms with Crippen LogP contribution >= 0.6 is 35.5 Å². The molecular formula is C21H26ClN3OS2. The molecule has 0 aliphatic heterocycles. The number of nitrogens with zero attached hydrogens (tertiary/aromatic N) is 3. The highest BCUT2D eigenvalue weighted by Gasteiger charge is 2.21. The van der Waals surface area contributed by atoms with E-state index < -0.39 is 0 Å². The molecule has 0 fully saturated rings. The molecule has 3 aromatic rings. The number of halogens is 1. The van der Waals surface area contributed by atoms with Gasteiger partial charge in [0.25, 0.3) is 5.91 Å². The SMILES string of the molecule is CCSc1cccc(C(=O)N(CCCN(C)C)c2nc3ccccc3s2)c1.Cl. The lowest BCUT2D eigenvalue weighted by Gasteiger charge is -2.21. The van der Waals surface area contributed by atoms with Crippen molar-refractivity contribution in [1.82, 2.24) is 9.88 Å². The third-order valence-electron chi connectivity index (χ3n) is 4.14. The van der Waals surface area contributed by atoms with E-state index in [9.17, 15) is 4.79 Å². The summed E-state index contributed by atoms with van der Waals surface area (Å²) < 4.78 is 1.10. The van der Waals surface area contributed by atoms with Gasteiger partial charge in [0.15, 0.2) is 5.13 Å². The standard InChI is InChI=1S/C21H25N3OS2.ClH/c1-4-26-17-10-7-9-16(15-17)20(25)24(14-8-13-23(2)3)21-22-18-11-5-6-12-19(18)27-21;/h5-7,9-12,15H,4,8,13-14H2,1-3H3;1H. The monoisotopic (exact) mass is 435 g/mol. The van der Waals surface area contributed by atoms with E-state index in [-0.39, 0.29) is 18.3 Å². The molecule has 4 nitrogen and oxygen atoms in total. The van der Waals surface area contributed by atoms with Crippen LogP contribution in [0.1, 0.15) is 23.7 Å². The largest absolute Gasteiger partial charge is 0.309 e. The maximum absolute atomic E-state index is 13.3. The molecule has 0 spiro atoms. The summed E-state index contributed by atoms with van der Waals surface area (Å²) >= 11 is 3.33. The van der Waals surface area contributed by atoms with Gasteiger partial charge in [-0.05, 0) is 63.1 Å². The number of benzene rings is 2. The van der Waals surface area contributed by atoms with Crippen molar-refractivity contribution < 1.29 is 4.79 Å². The van der Waals surface area contributed by atoms with E-state index in [1.807, 2.05) is 41.3 Å². The number of thioether (sulfide) groups is 1. The molecule has 0 atom stereocenters. The van der Waals surface area contributed by atoms with Gasteiger partial charge in [-0.3, -0.25) is 9.69 Å². The van der Waals surface area contributed by atoms with E-state index in [1.165, 1.54) is 0 Å². The van der Waals surface area contributed by atoms with Crippen LogP contribution < -0.4 is 4.90 Å². The summed E-state index contributed by atoms with van der Waals surface area (Å²) in [7, 11) is 4.10. The molecule has 0 saturated heterocycles. The molecule has 0 aliphatic carbocycles. The molecule has 0 unspecified atom stereocenters. The highest BCUT2D eigenvalue weighted by Crippen LogP contribution is 2.30. The number of fused-ring (bicyclic) bond motifs is 1. The van der Waals surface area contributed by atoms with Crippen LogP contribution in [-0.4, -0.2) is 48.7 Å². The van der Waals surface area contributed by atoms with Gasteiger partial charge in [0.05, 0.1) is 10.2 Å². The molecule has 0 N–H and O–H groups in total. The van der Waals surface area contributed by atoms with Crippen LogP contribution in [0, 0.1) is 0 Å². The lowest BCUT2D eigenvalue weighted by Crippen LogP contribution is -2.33. The van der Waals surface area contributed by atoms with Crippen LogP contribution in [0.4, 0.5) is 5.13 Å². The average Bonchev–Trinajstić information content (AvgIpc) is 3.09. The molecule has 150 valence electrons. The lowest BCUT2D eigenvalue weighted by molar-refractivity contribution is 0.0986. The van der Waals surface area contributed by atoms with Gasteiger partial charge in [0, 0.05) is 17.0 Å². The van der Waals surface area contributed by atoms with Crippen molar-refractivity contribution in [2.24, 2.45) is 0 Å². The minimum Gasteiger partial charge on any atom is -0.309 e. The van der Waals surface area contributed by atoms with Gasteiger partial charge in [-0.15, -0.1) is 24.2 Å². The van der Waals surface area contributed by atoms with Gasteiger partial charge < -0.3 is 4.90 Å². The Kier molecular flexibility index (Phi) is 8.76. The molecule has 1 heterocycles. The molecule has 1 amide bonds. The van der Waals surface area contributed by atoms with Crippen LogP contribution in [0.2, 0.25) is 0 Å². The first-order valence-corrected chi connectivity index (χ1v) is 10.9. The van der Waals surface area contributed by atoms with E-state index in [0.717, 1.165) is 44.5 Å². The molecule has 7 heteroatoms. The van der Waals surface area contributed by atoms with Gasteiger partial charge in [0.1, 0.15) is 0 Å². The van der Waals surface area contributed by atoms with E-state index in [1.54, 1.807) is 23.1 Å². The fourth-order valence-corrected chi connectivity index (χ4v) is 4.55. The van der Waals surface area contributed by atoms with Crippen molar-refractivity contribution >= 4 is 56.8 Å². The second-order valence-corrected chi connectivity index (χ2v) is 8.89. The number of carbonyl (C=O) groups excluding carboxylic acids is 1. The summed E-state index contributed by atoms with van der Waals surface area (Å²) in [6, 6.07) is 15.9. The molecule has 0 saturated carbocycles. The minimum atomic E-state index is 0. The Balaban J connectivity index is 0.00000280. The fraction of sp³-hybridized carbons (Fsp3) is 0.333. The molecule has 1 aromatic heterocycles. The van der Waals surface area contributed by atoms with Crippen LogP contribution in [0.25, 0.3) is 10.2 Å². The topological polar surface area (TPSA) is 36.4 Å². The number of hydrogen-bond acceptors (Lipinski definition) is 5. The van der Waals surface area contributed by atoms with Crippen LogP contribution in [0.5, 0.6) is 0 Å². The first kappa shape index (κ1) is 22.7. The average molecular weight is 436 g/mol. The highest BCUT2D eigenvalue weighted by molar-refractivity contribution is 7.99. The number of rotatable bonds is 8. The Morgan fingerprint density at radius 1 is 1.11 bits per heavy atom. The maximum Gasteiger partial charge on any atom is 0.260 e. The van der Waals surface area contributed by atoms with Crippen LogP contribution in [-0.2, 0) is 0 Å². The van der Waals surface area contributed by atoms with Gasteiger partial charge in [0.2, 0.25) is 0 Å². The number of hydrogen-bond donors (Lipinski definition) is 0. The predicted molar refractivity (Wildman–Crippen MR) is 125 cm³/mol. The van der Waals surface area contributed by atoms with E-state index in [4.69, 9.17) is 4.98 Å². The molecule has 2 aromatic carbocycles. The Morgan fingerprint density at radius 3 is 2.61 bits per heavy atom. The zero-order valence-electron chi connectivity index (χ0n) is 16.4. The second kappa shape index (κ2) is 10.8. The quantitative estimate of drug-likeness (QED) is 0.442. The van der Waals surface area contributed by atoms with E-state index in [0.29, 0.717) is 6.54 Å². The van der Waals surface area contributed by atoms with Crippen molar-refractivity contribution in [3.8, 4) is 0 Å². The number of amides is 1. The zero-order chi connectivity index (χ0) is 19.2. The highest BCUT2D eigenvalue weighted by atomic mass is 35.5. The molecule has 28 heavy (non-hydrogen) atoms. The number of thiazole rings is 1. The third kappa shape index (κ3) is 5.70. The minimum absolute atomic E-state index is 0. The summed E-state index contributed by atoms with van der Waals surface area (Å²) in [5.74, 6) is 1.01. The Labute approximate surface area is 181 Å². The van der Waals surface area contributed by atoms with Crippen LogP contribution in [0.15, 0.2) is 53.4 Å². The maximum atomic E-state index is 13.3. The van der Waals surface area contributed by atoms with Crippen molar-refractivity contribution in [3.63, 3.8) is 0 Å². The zero-order valence-corrected chi connectivity index (χ0v) is 18.9. The van der Waals surface area contributed by atoms with Gasteiger partial charge in [-0.25, -0.2) is 4.98 Å². The molecule has 3 rings (SSSR count). The molecule has 0 bridgehead atoms.